The van der Waals surface area contributed by atoms with Crippen molar-refractivity contribution in [1.82, 2.24) is 4.90 Å². The van der Waals surface area contributed by atoms with E-state index in [2.05, 4.69) is 25.8 Å². The van der Waals surface area contributed by atoms with Gasteiger partial charge in [-0.2, -0.15) is 0 Å². The zero-order chi connectivity index (χ0) is 12.0. The number of nitrogens with two attached hydrogens (primary N) is 1. The molecular formula is C13H28N2O. The molecule has 1 aliphatic rings. The number of ether oxygens (including phenoxy) is 1. The van der Waals surface area contributed by atoms with Gasteiger partial charge in [-0.3, -0.25) is 0 Å². The third-order valence-corrected chi connectivity index (χ3v) is 3.53. The number of likely N-dealkylation sites (N-methyl/N-ethyl adjacent to an activating group) is 1. The summed E-state index contributed by atoms with van der Waals surface area (Å²) in [6.07, 6.45) is 3.63. The van der Waals surface area contributed by atoms with Crippen LogP contribution in [0.4, 0.5) is 0 Å². The normalized spacial score (nSPS) is 20.6. The van der Waals surface area contributed by atoms with Crippen molar-refractivity contribution >= 4 is 0 Å². The maximum absolute atomic E-state index is 5.86. The largest absolute Gasteiger partial charge is 0.381 e. The summed E-state index contributed by atoms with van der Waals surface area (Å²) >= 11 is 0. The molecule has 2 N–H and O–H groups in total. The Bertz CT molecular complexity index is 179. The molecule has 1 fully saturated rings. The van der Waals surface area contributed by atoms with Crippen LogP contribution in [-0.4, -0.2) is 44.3 Å². The molecule has 16 heavy (non-hydrogen) atoms. The van der Waals surface area contributed by atoms with Crippen LogP contribution in [0.1, 0.15) is 33.1 Å². The topological polar surface area (TPSA) is 38.5 Å². The summed E-state index contributed by atoms with van der Waals surface area (Å²) in [6, 6.07) is 0.544. The maximum Gasteiger partial charge on any atom is 0.0469 e. The minimum absolute atomic E-state index is 0.544. The standard InChI is InChI=1S/C13H28N2O/c1-11(2)8-13(9-14)15(3)10-12-4-6-16-7-5-12/h11-13H,4-10,14H2,1-3H3. The highest BCUT2D eigenvalue weighted by molar-refractivity contribution is 4.75. The molecule has 0 spiro atoms. The van der Waals surface area contributed by atoms with E-state index in [1.54, 1.807) is 0 Å². The Morgan fingerprint density at radius 3 is 2.44 bits per heavy atom. The molecule has 0 bridgehead atoms. The highest BCUT2D eigenvalue weighted by Crippen LogP contribution is 2.18. The van der Waals surface area contributed by atoms with E-state index in [9.17, 15) is 0 Å². The Morgan fingerprint density at radius 1 is 1.31 bits per heavy atom. The van der Waals surface area contributed by atoms with Gasteiger partial charge in [-0.25, -0.2) is 0 Å². The lowest BCUT2D eigenvalue weighted by molar-refractivity contribution is 0.0493. The summed E-state index contributed by atoms with van der Waals surface area (Å²) in [4.78, 5) is 2.45. The first kappa shape index (κ1) is 13.9. The summed E-state index contributed by atoms with van der Waals surface area (Å²) in [6.45, 7) is 8.37. The Balaban J connectivity index is 2.32. The second kappa shape index (κ2) is 7.25. The second-order valence-electron chi connectivity index (χ2n) is 5.51. The molecule has 96 valence electrons. The molecule has 0 saturated carbocycles. The molecule has 1 heterocycles. The van der Waals surface area contributed by atoms with Crippen molar-refractivity contribution in [2.24, 2.45) is 17.6 Å². The Labute approximate surface area is 100 Å². The Kier molecular flexibility index (Phi) is 6.32. The summed E-state index contributed by atoms with van der Waals surface area (Å²) in [7, 11) is 2.22. The highest BCUT2D eigenvalue weighted by atomic mass is 16.5. The first-order valence-corrected chi connectivity index (χ1v) is 6.61. The monoisotopic (exact) mass is 228 g/mol. The van der Waals surface area contributed by atoms with Crippen LogP contribution >= 0.6 is 0 Å². The summed E-state index contributed by atoms with van der Waals surface area (Å²) < 4.78 is 5.39. The van der Waals surface area contributed by atoms with Crippen LogP contribution in [0.15, 0.2) is 0 Å². The van der Waals surface area contributed by atoms with E-state index in [0.717, 1.165) is 31.6 Å². The van der Waals surface area contributed by atoms with Crippen LogP contribution in [0.25, 0.3) is 0 Å². The van der Waals surface area contributed by atoms with Gasteiger partial charge in [0.2, 0.25) is 0 Å². The van der Waals surface area contributed by atoms with E-state index in [1.807, 2.05) is 0 Å². The molecule has 0 aromatic rings. The second-order valence-corrected chi connectivity index (χ2v) is 5.51. The lowest BCUT2D eigenvalue weighted by Crippen LogP contribution is -2.42. The van der Waals surface area contributed by atoms with E-state index in [-0.39, 0.29) is 0 Å². The molecule has 0 aromatic heterocycles. The molecule has 0 aromatic carbocycles. The van der Waals surface area contributed by atoms with Gasteiger partial charge in [-0.1, -0.05) is 13.8 Å². The Morgan fingerprint density at radius 2 is 1.94 bits per heavy atom. The minimum Gasteiger partial charge on any atom is -0.381 e. The van der Waals surface area contributed by atoms with E-state index in [0.29, 0.717) is 6.04 Å². The third-order valence-electron chi connectivity index (χ3n) is 3.53. The van der Waals surface area contributed by atoms with Crippen molar-refractivity contribution in [3.8, 4) is 0 Å². The average Bonchev–Trinajstić information content (AvgIpc) is 2.26. The predicted molar refractivity (Wildman–Crippen MR) is 68.5 cm³/mol. The van der Waals surface area contributed by atoms with Crippen molar-refractivity contribution in [1.29, 1.82) is 0 Å². The van der Waals surface area contributed by atoms with Crippen LogP contribution < -0.4 is 5.73 Å². The van der Waals surface area contributed by atoms with E-state index < -0.39 is 0 Å². The zero-order valence-electron chi connectivity index (χ0n) is 11.1. The minimum atomic E-state index is 0.544. The first-order valence-electron chi connectivity index (χ1n) is 6.61. The zero-order valence-corrected chi connectivity index (χ0v) is 11.1. The fourth-order valence-corrected chi connectivity index (χ4v) is 2.49. The molecule has 3 nitrogen and oxygen atoms in total. The van der Waals surface area contributed by atoms with Crippen molar-refractivity contribution < 1.29 is 4.74 Å². The first-order chi connectivity index (χ1) is 7.63. The summed E-state index contributed by atoms with van der Waals surface area (Å²) in [5.74, 6) is 1.53. The molecule has 1 saturated heterocycles. The molecule has 0 aliphatic carbocycles. The van der Waals surface area contributed by atoms with Gasteiger partial charge in [0.25, 0.3) is 0 Å². The van der Waals surface area contributed by atoms with Gasteiger partial charge in [0.05, 0.1) is 0 Å². The van der Waals surface area contributed by atoms with E-state index in [4.69, 9.17) is 10.5 Å². The SMILES string of the molecule is CC(C)CC(CN)N(C)CC1CCOCC1. The summed E-state index contributed by atoms with van der Waals surface area (Å²) in [5.41, 5.74) is 5.86. The molecular weight excluding hydrogens is 200 g/mol. The number of nitrogens with zero attached hydrogens (tertiary/aromatic N) is 1. The summed E-state index contributed by atoms with van der Waals surface area (Å²) in [5, 5.41) is 0. The van der Waals surface area contributed by atoms with Crippen LogP contribution in [0.2, 0.25) is 0 Å². The van der Waals surface area contributed by atoms with Gasteiger partial charge in [0, 0.05) is 32.3 Å². The van der Waals surface area contributed by atoms with Crippen LogP contribution in [0.5, 0.6) is 0 Å². The highest BCUT2D eigenvalue weighted by Gasteiger charge is 2.20. The van der Waals surface area contributed by atoms with Crippen LogP contribution in [0, 0.1) is 11.8 Å². The third kappa shape index (κ3) is 4.81. The molecule has 0 amide bonds. The van der Waals surface area contributed by atoms with Gasteiger partial charge in [0.1, 0.15) is 0 Å². The quantitative estimate of drug-likeness (QED) is 0.752. The number of hydrogen-bond donors (Lipinski definition) is 1. The molecule has 1 aliphatic heterocycles. The van der Waals surface area contributed by atoms with Crippen molar-refractivity contribution in [2.45, 2.75) is 39.2 Å². The molecule has 1 rings (SSSR count). The van der Waals surface area contributed by atoms with Gasteiger partial charge in [-0.15, -0.1) is 0 Å². The van der Waals surface area contributed by atoms with E-state index >= 15 is 0 Å². The number of hydrogen-bond acceptors (Lipinski definition) is 3. The molecule has 1 atom stereocenters. The predicted octanol–water partition coefficient (Wildman–Crippen LogP) is 1.72. The fourth-order valence-electron chi connectivity index (χ4n) is 2.49. The fraction of sp³-hybridized carbons (Fsp3) is 1.00. The molecule has 0 radical (unpaired) electrons. The Hall–Kier alpha value is -0.120. The van der Waals surface area contributed by atoms with Crippen molar-refractivity contribution in [3.63, 3.8) is 0 Å². The van der Waals surface area contributed by atoms with Crippen LogP contribution in [-0.2, 0) is 4.74 Å². The van der Waals surface area contributed by atoms with Gasteiger partial charge in [0.15, 0.2) is 0 Å². The number of rotatable bonds is 6. The molecule has 3 heteroatoms. The van der Waals surface area contributed by atoms with E-state index in [1.165, 1.54) is 25.8 Å². The lowest BCUT2D eigenvalue weighted by Gasteiger charge is -2.33. The van der Waals surface area contributed by atoms with Crippen molar-refractivity contribution in [2.75, 3.05) is 33.4 Å². The lowest BCUT2D eigenvalue weighted by atomic mass is 9.97. The van der Waals surface area contributed by atoms with Gasteiger partial charge in [-0.05, 0) is 38.1 Å². The molecule has 1 unspecified atom stereocenters. The van der Waals surface area contributed by atoms with Gasteiger partial charge >= 0.3 is 0 Å². The smallest absolute Gasteiger partial charge is 0.0469 e. The van der Waals surface area contributed by atoms with Crippen molar-refractivity contribution in [3.05, 3.63) is 0 Å². The average molecular weight is 228 g/mol. The van der Waals surface area contributed by atoms with Gasteiger partial charge < -0.3 is 15.4 Å². The van der Waals surface area contributed by atoms with Crippen LogP contribution in [0.3, 0.4) is 0 Å². The maximum atomic E-state index is 5.86.